The maximum atomic E-state index is 14.7. The molecular weight excluding hydrogens is 566 g/mol. The van der Waals surface area contributed by atoms with E-state index in [9.17, 15) is 19.5 Å². The van der Waals surface area contributed by atoms with Gasteiger partial charge in [-0.05, 0) is 112 Å². The van der Waals surface area contributed by atoms with Gasteiger partial charge in [-0.2, -0.15) is 0 Å². The maximum absolute atomic E-state index is 14.7. The van der Waals surface area contributed by atoms with Gasteiger partial charge in [-0.1, -0.05) is 64.1 Å². The van der Waals surface area contributed by atoms with E-state index in [1.165, 1.54) is 0 Å². The van der Waals surface area contributed by atoms with Crippen LogP contribution in [0.25, 0.3) is 10.8 Å². The molecule has 0 saturated carbocycles. The largest absolute Gasteiger partial charge is 0.508 e. The predicted octanol–water partition coefficient (Wildman–Crippen LogP) is 8.13. The van der Waals surface area contributed by atoms with E-state index in [4.69, 9.17) is 4.74 Å². The number of aryl methyl sites for hydroxylation is 1. The summed E-state index contributed by atoms with van der Waals surface area (Å²) in [6, 6.07) is 16.3. The van der Waals surface area contributed by atoms with Crippen LogP contribution in [0.5, 0.6) is 5.75 Å². The molecule has 0 aliphatic carbocycles. The molecule has 3 aromatic carbocycles. The summed E-state index contributed by atoms with van der Waals surface area (Å²) >= 11 is 0. The minimum Gasteiger partial charge on any atom is -0.508 e. The number of carbonyl (C=O) groups is 3. The molecule has 3 amide bonds. The summed E-state index contributed by atoms with van der Waals surface area (Å²) in [5.41, 5.74) is 1.01. The SMILES string of the molecule is Cc1cc(C(C(=O)Nc2ccc3ccccc3c2)N(C(=O)C(CC(C)C)NC(=O)OC(C)(C)C)C(C)CCC(C)C)ccc1O. The molecule has 3 aromatic rings. The third-order valence-electron chi connectivity index (χ3n) is 7.67. The van der Waals surface area contributed by atoms with Gasteiger partial charge in [0.05, 0.1) is 0 Å². The van der Waals surface area contributed by atoms with Crippen molar-refractivity contribution in [1.29, 1.82) is 0 Å². The second-order valence-corrected chi connectivity index (χ2v) is 13.9. The number of rotatable bonds is 12. The quantitative estimate of drug-likeness (QED) is 0.190. The summed E-state index contributed by atoms with van der Waals surface area (Å²) in [5, 5.41) is 18.2. The van der Waals surface area contributed by atoms with Crippen LogP contribution in [0.4, 0.5) is 10.5 Å². The Kier molecular flexibility index (Phi) is 12.0. The lowest BCUT2D eigenvalue weighted by Crippen LogP contribution is -2.55. The molecule has 0 radical (unpaired) electrons. The molecule has 45 heavy (non-hydrogen) atoms. The number of benzene rings is 3. The van der Waals surface area contributed by atoms with Gasteiger partial charge in [0.2, 0.25) is 5.91 Å². The lowest BCUT2D eigenvalue weighted by molar-refractivity contribution is -0.144. The van der Waals surface area contributed by atoms with Gasteiger partial charge in [-0.25, -0.2) is 4.79 Å². The molecule has 8 heteroatoms. The molecule has 3 atom stereocenters. The fourth-order valence-electron chi connectivity index (χ4n) is 5.40. The van der Waals surface area contributed by atoms with Gasteiger partial charge in [0, 0.05) is 11.7 Å². The molecule has 3 rings (SSSR count). The Morgan fingerprint density at radius 3 is 2.13 bits per heavy atom. The highest BCUT2D eigenvalue weighted by Gasteiger charge is 2.39. The Hall–Kier alpha value is -4.07. The molecule has 3 N–H and O–H groups in total. The number of ether oxygens (including phenoxy) is 1. The van der Waals surface area contributed by atoms with E-state index in [0.29, 0.717) is 35.6 Å². The summed E-state index contributed by atoms with van der Waals surface area (Å²) in [5.74, 6) is -0.197. The molecule has 0 aromatic heterocycles. The molecule has 3 unspecified atom stereocenters. The van der Waals surface area contributed by atoms with E-state index < -0.39 is 23.8 Å². The lowest BCUT2D eigenvalue weighted by atomic mass is 9.94. The fraction of sp³-hybridized carbons (Fsp3) is 0.486. The van der Waals surface area contributed by atoms with Gasteiger partial charge in [0.15, 0.2) is 0 Å². The molecule has 0 aliphatic heterocycles. The molecule has 0 aliphatic rings. The number of hydrogen-bond donors (Lipinski definition) is 3. The standard InChI is InChI=1S/C37H51N3O5/c1-23(2)14-15-26(6)40(35(43)31(20-24(3)4)39-36(44)45-37(7,8)9)33(29-17-19-32(41)25(5)21-29)34(42)38-30-18-16-27-12-10-11-13-28(27)22-30/h10-13,16-19,21-24,26,31,33,41H,14-15,20H2,1-9H3,(H,38,42)(H,39,44). The van der Waals surface area contributed by atoms with Crippen molar-refractivity contribution in [3.05, 3.63) is 71.8 Å². The molecule has 0 bridgehead atoms. The number of nitrogens with one attached hydrogen (secondary N) is 2. The first-order valence-corrected chi connectivity index (χ1v) is 16.0. The van der Waals surface area contributed by atoms with Crippen LogP contribution in [-0.4, -0.2) is 45.6 Å². The van der Waals surface area contributed by atoms with Gasteiger partial charge in [0.25, 0.3) is 5.91 Å². The van der Waals surface area contributed by atoms with Gasteiger partial charge < -0.3 is 25.4 Å². The minimum atomic E-state index is -1.04. The third kappa shape index (κ3) is 10.2. The van der Waals surface area contributed by atoms with E-state index in [1.807, 2.05) is 63.2 Å². The van der Waals surface area contributed by atoms with Crippen LogP contribution in [0, 0.1) is 18.8 Å². The Balaban J connectivity index is 2.13. The highest BCUT2D eigenvalue weighted by atomic mass is 16.6. The smallest absolute Gasteiger partial charge is 0.408 e. The molecule has 8 nitrogen and oxygen atoms in total. The number of phenolic OH excluding ortho intramolecular Hbond substituents is 1. The number of carbonyl (C=O) groups excluding carboxylic acids is 3. The van der Waals surface area contributed by atoms with Crippen molar-refractivity contribution in [3.63, 3.8) is 0 Å². The first kappa shape index (κ1) is 35.4. The number of phenols is 1. The monoisotopic (exact) mass is 617 g/mol. The normalized spacial score (nSPS) is 13.8. The van der Waals surface area contributed by atoms with Crippen LogP contribution in [0.3, 0.4) is 0 Å². The van der Waals surface area contributed by atoms with Crippen LogP contribution in [0.1, 0.15) is 91.8 Å². The maximum Gasteiger partial charge on any atom is 0.408 e. The van der Waals surface area contributed by atoms with Crippen molar-refractivity contribution in [2.24, 2.45) is 11.8 Å². The molecule has 0 heterocycles. The van der Waals surface area contributed by atoms with E-state index in [-0.39, 0.29) is 29.5 Å². The number of fused-ring (bicyclic) bond motifs is 1. The zero-order chi connectivity index (χ0) is 33.5. The van der Waals surface area contributed by atoms with Gasteiger partial charge in [-0.3, -0.25) is 9.59 Å². The number of amides is 3. The average molecular weight is 618 g/mol. The van der Waals surface area contributed by atoms with Gasteiger partial charge in [-0.15, -0.1) is 0 Å². The second-order valence-electron chi connectivity index (χ2n) is 13.9. The van der Waals surface area contributed by atoms with Crippen molar-refractivity contribution >= 4 is 34.4 Å². The Labute approximate surface area is 268 Å². The van der Waals surface area contributed by atoms with Crippen molar-refractivity contribution in [3.8, 4) is 5.75 Å². The number of aromatic hydroxyl groups is 1. The number of anilines is 1. The fourth-order valence-corrected chi connectivity index (χ4v) is 5.40. The van der Waals surface area contributed by atoms with Gasteiger partial charge in [0.1, 0.15) is 23.4 Å². The van der Waals surface area contributed by atoms with Crippen LogP contribution in [0.15, 0.2) is 60.7 Å². The van der Waals surface area contributed by atoms with E-state index >= 15 is 0 Å². The van der Waals surface area contributed by atoms with Crippen LogP contribution in [0.2, 0.25) is 0 Å². The van der Waals surface area contributed by atoms with Gasteiger partial charge >= 0.3 is 6.09 Å². The second kappa shape index (κ2) is 15.3. The lowest BCUT2D eigenvalue weighted by Gasteiger charge is -2.39. The predicted molar refractivity (Wildman–Crippen MR) is 181 cm³/mol. The Morgan fingerprint density at radius 1 is 0.867 bits per heavy atom. The molecule has 244 valence electrons. The van der Waals surface area contributed by atoms with Crippen molar-refractivity contribution in [1.82, 2.24) is 10.2 Å². The van der Waals surface area contributed by atoms with E-state index in [0.717, 1.165) is 17.2 Å². The number of alkyl carbamates (subject to hydrolysis) is 1. The highest BCUT2D eigenvalue weighted by Crippen LogP contribution is 2.32. The first-order valence-electron chi connectivity index (χ1n) is 16.0. The molecule has 0 fully saturated rings. The average Bonchev–Trinajstić information content (AvgIpc) is 2.94. The number of nitrogens with zero attached hydrogens (tertiary/aromatic N) is 1. The third-order valence-corrected chi connectivity index (χ3v) is 7.67. The Morgan fingerprint density at radius 2 is 1.53 bits per heavy atom. The zero-order valence-corrected chi connectivity index (χ0v) is 28.3. The van der Waals surface area contributed by atoms with Crippen molar-refractivity contribution in [2.75, 3.05) is 5.32 Å². The zero-order valence-electron chi connectivity index (χ0n) is 28.3. The van der Waals surface area contributed by atoms with E-state index in [2.05, 4.69) is 24.5 Å². The van der Waals surface area contributed by atoms with Crippen molar-refractivity contribution in [2.45, 2.75) is 105 Å². The molecule has 0 spiro atoms. The van der Waals surface area contributed by atoms with Crippen molar-refractivity contribution < 1.29 is 24.2 Å². The summed E-state index contributed by atoms with van der Waals surface area (Å²) in [4.78, 5) is 43.7. The van der Waals surface area contributed by atoms with Crippen LogP contribution in [-0.2, 0) is 14.3 Å². The first-order chi connectivity index (χ1) is 21.1. The Bertz CT molecular complexity index is 1480. The van der Waals surface area contributed by atoms with Crippen LogP contribution >= 0.6 is 0 Å². The molecule has 0 saturated heterocycles. The molecular formula is C37H51N3O5. The van der Waals surface area contributed by atoms with Crippen LogP contribution < -0.4 is 10.6 Å². The summed E-state index contributed by atoms with van der Waals surface area (Å²) in [6.45, 7) is 17.2. The topological polar surface area (TPSA) is 108 Å². The van der Waals surface area contributed by atoms with E-state index in [1.54, 1.807) is 50.8 Å². The highest BCUT2D eigenvalue weighted by molar-refractivity contribution is 6.00. The summed E-state index contributed by atoms with van der Waals surface area (Å²) < 4.78 is 5.53. The number of hydrogen-bond acceptors (Lipinski definition) is 5. The minimum absolute atomic E-state index is 0.0718. The summed E-state index contributed by atoms with van der Waals surface area (Å²) in [6.07, 6.45) is 1.17. The summed E-state index contributed by atoms with van der Waals surface area (Å²) in [7, 11) is 0.